The second kappa shape index (κ2) is 7.90. The molecule has 0 radical (unpaired) electrons. The highest BCUT2D eigenvalue weighted by Crippen LogP contribution is 2.30. The Labute approximate surface area is 136 Å². The predicted octanol–water partition coefficient (Wildman–Crippen LogP) is 6.38. The molecule has 5 heteroatoms. The van der Waals surface area contributed by atoms with Gasteiger partial charge in [-0.1, -0.05) is 43.3 Å². The largest absolute Gasteiger partial charge is 0.204 e. The maximum Gasteiger partial charge on any atom is 0.194 e. The van der Waals surface area contributed by atoms with Crippen LogP contribution < -0.4 is 0 Å². The van der Waals surface area contributed by atoms with Crippen LogP contribution in [0.25, 0.3) is 11.7 Å². The molecule has 0 unspecified atom stereocenters. The molecule has 0 N–H and O–H groups in total. The van der Waals surface area contributed by atoms with E-state index >= 15 is 0 Å². The molecule has 0 nitrogen and oxygen atoms in total. The zero-order chi connectivity index (χ0) is 17.7. The van der Waals surface area contributed by atoms with Crippen LogP contribution in [0.3, 0.4) is 0 Å². The van der Waals surface area contributed by atoms with Crippen LogP contribution in [-0.4, -0.2) is 0 Å². The van der Waals surface area contributed by atoms with Crippen LogP contribution in [0.1, 0.15) is 30.0 Å². The smallest absolute Gasteiger partial charge is 0.194 e. The highest BCUT2D eigenvalue weighted by atomic mass is 19.2. The minimum Gasteiger partial charge on any atom is -0.204 e. The lowest BCUT2D eigenvalue weighted by Crippen LogP contribution is -1.94. The lowest BCUT2D eigenvalue weighted by molar-refractivity contribution is 0.446. The highest BCUT2D eigenvalue weighted by Gasteiger charge is 2.17. The van der Waals surface area contributed by atoms with Gasteiger partial charge in [0.05, 0.1) is 0 Å². The fraction of sp³-hybridized carbons (Fsp3) is 0.158. The molecule has 0 saturated carbocycles. The van der Waals surface area contributed by atoms with Gasteiger partial charge in [-0.2, -0.15) is 0 Å². The van der Waals surface area contributed by atoms with Gasteiger partial charge in [-0.15, -0.1) is 0 Å². The second-order valence-corrected chi connectivity index (χ2v) is 5.16. The summed E-state index contributed by atoms with van der Waals surface area (Å²) in [6.07, 6.45) is 5.53. The lowest BCUT2D eigenvalue weighted by Gasteiger charge is -2.05. The van der Waals surface area contributed by atoms with Crippen molar-refractivity contribution in [3.8, 4) is 0 Å². The molecule has 0 amide bonds. The Morgan fingerprint density at radius 2 is 1.38 bits per heavy atom. The first-order valence-corrected chi connectivity index (χ1v) is 7.38. The van der Waals surface area contributed by atoms with Gasteiger partial charge in [-0.3, -0.25) is 0 Å². The fourth-order valence-electron chi connectivity index (χ4n) is 2.11. The van der Waals surface area contributed by atoms with E-state index < -0.39 is 34.7 Å². The van der Waals surface area contributed by atoms with Gasteiger partial charge in [-0.25, -0.2) is 22.0 Å². The summed E-state index contributed by atoms with van der Waals surface area (Å²) in [7, 11) is 0. The van der Waals surface area contributed by atoms with Gasteiger partial charge in [0.25, 0.3) is 0 Å². The van der Waals surface area contributed by atoms with Crippen LogP contribution in [-0.2, 0) is 6.42 Å². The van der Waals surface area contributed by atoms with Crippen molar-refractivity contribution >= 4 is 11.7 Å². The van der Waals surface area contributed by atoms with Gasteiger partial charge in [0.1, 0.15) is 0 Å². The van der Waals surface area contributed by atoms with E-state index in [2.05, 4.69) is 0 Å². The van der Waals surface area contributed by atoms with Crippen LogP contribution in [0.15, 0.2) is 48.6 Å². The Morgan fingerprint density at radius 3 is 1.92 bits per heavy atom. The van der Waals surface area contributed by atoms with Crippen molar-refractivity contribution in [3.63, 3.8) is 0 Å². The first-order valence-electron chi connectivity index (χ1n) is 7.38. The summed E-state index contributed by atoms with van der Waals surface area (Å²) in [5.41, 5.74) is 0.148. The molecule has 2 aromatic carbocycles. The maximum absolute atomic E-state index is 14.2. The summed E-state index contributed by atoms with van der Waals surface area (Å²) in [4.78, 5) is 0. The van der Waals surface area contributed by atoms with Gasteiger partial charge in [0.15, 0.2) is 29.1 Å². The number of hydrogen-bond donors (Lipinski definition) is 0. The number of benzene rings is 2. The molecular weight excluding hydrogens is 323 g/mol. The monoisotopic (exact) mass is 338 g/mol. The molecule has 0 saturated heterocycles. The molecule has 0 atom stereocenters. The molecule has 0 bridgehead atoms. The minimum absolute atomic E-state index is 0.0686. The first-order chi connectivity index (χ1) is 11.4. The Morgan fingerprint density at radius 1 is 0.833 bits per heavy atom. The number of hydrogen-bond acceptors (Lipinski definition) is 0. The highest BCUT2D eigenvalue weighted by molar-refractivity contribution is 5.83. The van der Waals surface area contributed by atoms with Crippen LogP contribution in [0.5, 0.6) is 0 Å². The van der Waals surface area contributed by atoms with Gasteiger partial charge >= 0.3 is 0 Å². The molecule has 0 aliphatic carbocycles. The topological polar surface area (TPSA) is 0 Å². The number of rotatable bonds is 5. The van der Waals surface area contributed by atoms with Crippen molar-refractivity contribution in [2.75, 3.05) is 0 Å². The number of allylic oxidation sites excluding steroid dienone is 2. The van der Waals surface area contributed by atoms with Crippen LogP contribution in [0, 0.1) is 17.5 Å². The van der Waals surface area contributed by atoms with Crippen LogP contribution in [0.4, 0.5) is 22.0 Å². The summed E-state index contributed by atoms with van der Waals surface area (Å²) in [5.74, 6) is -7.60. The molecule has 0 spiro atoms. The average Bonchev–Trinajstić information content (AvgIpc) is 2.59. The average molecular weight is 338 g/mol. The third kappa shape index (κ3) is 4.10. The lowest BCUT2D eigenvalue weighted by atomic mass is 10.1. The zero-order valence-electron chi connectivity index (χ0n) is 12.9. The molecule has 126 valence electrons. The van der Waals surface area contributed by atoms with Gasteiger partial charge in [-0.05, 0) is 30.5 Å². The molecule has 0 fully saturated rings. The zero-order valence-corrected chi connectivity index (χ0v) is 12.9. The summed E-state index contributed by atoms with van der Waals surface area (Å²) in [6.45, 7) is 2.00. The van der Waals surface area contributed by atoms with Gasteiger partial charge < -0.3 is 0 Å². The van der Waals surface area contributed by atoms with Crippen molar-refractivity contribution in [3.05, 3.63) is 82.7 Å². The normalized spacial score (nSPS) is 12.6. The fourth-order valence-corrected chi connectivity index (χ4v) is 2.11. The quantitative estimate of drug-likeness (QED) is 0.257. The molecule has 0 aliphatic heterocycles. The van der Waals surface area contributed by atoms with Crippen LogP contribution >= 0.6 is 0 Å². The van der Waals surface area contributed by atoms with Crippen molar-refractivity contribution in [2.24, 2.45) is 0 Å². The van der Waals surface area contributed by atoms with Crippen LogP contribution in [0.2, 0.25) is 0 Å². The Bertz CT molecular complexity index is 750. The van der Waals surface area contributed by atoms with Crippen molar-refractivity contribution in [2.45, 2.75) is 19.8 Å². The van der Waals surface area contributed by atoms with E-state index in [9.17, 15) is 22.0 Å². The van der Waals surface area contributed by atoms with Crippen molar-refractivity contribution in [1.82, 2.24) is 0 Å². The predicted molar refractivity (Wildman–Crippen MR) is 84.9 cm³/mol. The van der Waals surface area contributed by atoms with E-state index in [0.29, 0.717) is 18.6 Å². The molecule has 24 heavy (non-hydrogen) atoms. The Balaban J connectivity index is 2.30. The summed E-state index contributed by atoms with van der Waals surface area (Å²) in [6, 6.07) is 6.84. The third-order valence-electron chi connectivity index (χ3n) is 3.39. The van der Waals surface area contributed by atoms with E-state index in [1.54, 1.807) is 12.1 Å². The molecular formula is C19H15F5. The molecule has 0 aromatic heterocycles. The first kappa shape index (κ1) is 17.9. The van der Waals surface area contributed by atoms with Gasteiger partial charge in [0.2, 0.25) is 0 Å². The van der Waals surface area contributed by atoms with E-state index in [1.807, 2.05) is 19.1 Å². The molecule has 2 aromatic rings. The van der Waals surface area contributed by atoms with E-state index in [4.69, 9.17) is 0 Å². The molecule has 0 heterocycles. The summed E-state index contributed by atoms with van der Waals surface area (Å²) in [5, 5.41) is 0. The second-order valence-electron chi connectivity index (χ2n) is 5.16. The summed E-state index contributed by atoms with van der Waals surface area (Å²) < 4.78 is 67.4. The molecule has 0 aliphatic rings. The van der Waals surface area contributed by atoms with E-state index in [0.717, 1.165) is 12.0 Å². The third-order valence-corrected chi connectivity index (χ3v) is 3.39. The van der Waals surface area contributed by atoms with E-state index in [-0.39, 0.29) is 5.56 Å². The van der Waals surface area contributed by atoms with E-state index in [1.165, 1.54) is 12.1 Å². The SMILES string of the molecule is CCC=CCc1ccc(C(F)=C(F)c2cc(F)c(F)c(F)c2)cc1. The maximum atomic E-state index is 14.2. The Kier molecular flexibility index (Phi) is 5.90. The number of halogens is 5. The van der Waals surface area contributed by atoms with Crippen molar-refractivity contribution < 1.29 is 22.0 Å². The minimum atomic E-state index is -1.73. The summed E-state index contributed by atoms with van der Waals surface area (Å²) >= 11 is 0. The standard InChI is InChI=1S/C19H15F5/c1-2-3-4-5-12-6-8-13(9-7-12)17(22)18(23)14-10-15(20)19(24)16(21)11-14/h3-4,6-11H,2,5H2,1H3. The Hall–Kier alpha value is -2.43. The van der Waals surface area contributed by atoms with Crippen molar-refractivity contribution in [1.29, 1.82) is 0 Å². The molecule has 2 rings (SSSR count). The van der Waals surface area contributed by atoms with Gasteiger partial charge in [0, 0.05) is 11.1 Å².